The van der Waals surface area contributed by atoms with E-state index in [0.29, 0.717) is 5.56 Å². The zero-order valence-electron chi connectivity index (χ0n) is 17.7. The number of carbonyl (C=O) groups is 1. The lowest BCUT2D eigenvalue weighted by molar-refractivity contribution is -0.0256. The molecule has 0 saturated carbocycles. The smallest absolute Gasteiger partial charge is 0.249 e. The Hall–Kier alpha value is -3.24. The minimum absolute atomic E-state index is 0.0542. The van der Waals surface area contributed by atoms with E-state index >= 15 is 4.39 Å². The molecule has 7 nitrogen and oxygen atoms in total. The number of rotatable bonds is 7. The Labute approximate surface area is 198 Å². The van der Waals surface area contributed by atoms with Crippen molar-refractivity contribution in [2.75, 3.05) is 19.8 Å². The second-order valence-corrected chi connectivity index (χ2v) is 8.04. The molecule has 2 atom stereocenters. The van der Waals surface area contributed by atoms with Crippen LogP contribution in [0.25, 0.3) is 11.1 Å². The van der Waals surface area contributed by atoms with Crippen LogP contribution < -0.4 is 20.9 Å². The molecule has 178 valence electrons. The molecule has 6 N–H and O–H groups in total. The molecule has 0 radical (unpaired) electrons. The zero-order chi connectivity index (χ0) is 24.6. The Bertz CT molecular complexity index is 1260. The Balaban J connectivity index is 2.02. The SMILES string of the molecule is NC[C@]1(c2ccccc2)Oc2cc(F)c(Cl)c(-c3c(C(N)=O)ccc(OCCO)c3F)c2[C@@H]1O. The van der Waals surface area contributed by atoms with Gasteiger partial charge in [0.25, 0.3) is 0 Å². The lowest BCUT2D eigenvalue weighted by Gasteiger charge is -2.31. The summed E-state index contributed by atoms with van der Waals surface area (Å²) in [7, 11) is 0. The Morgan fingerprint density at radius 1 is 1.18 bits per heavy atom. The van der Waals surface area contributed by atoms with Gasteiger partial charge in [-0.2, -0.15) is 0 Å². The summed E-state index contributed by atoms with van der Waals surface area (Å²) in [5.41, 5.74) is 9.32. The highest BCUT2D eigenvalue weighted by Gasteiger charge is 2.51. The minimum Gasteiger partial charge on any atom is -0.488 e. The maximum atomic E-state index is 15.7. The van der Waals surface area contributed by atoms with Crippen molar-refractivity contribution < 1.29 is 33.3 Å². The second-order valence-electron chi connectivity index (χ2n) is 7.66. The number of hydrogen-bond acceptors (Lipinski definition) is 6. The summed E-state index contributed by atoms with van der Waals surface area (Å²) < 4.78 is 41.8. The Kier molecular flexibility index (Phi) is 6.46. The van der Waals surface area contributed by atoms with E-state index in [1.165, 1.54) is 6.07 Å². The van der Waals surface area contributed by atoms with Crippen LogP contribution in [0.4, 0.5) is 8.78 Å². The first-order valence-corrected chi connectivity index (χ1v) is 10.7. The number of benzene rings is 3. The average molecular weight is 491 g/mol. The van der Waals surface area contributed by atoms with Gasteiger partial charge in [0.15, 0.2) is 17.2 Å². The molecule has 10 heteroatoms. The monoisotopic (exact) mass is 490 g/mol. The van der Waals surface area contributed by atoms with Crippen LogP contribution in [-0.4, -0.2) is 35.9 Å². The maximum absolute atomic E-state index is 15.7. The third kappa shape index (κ3) is 3.67. The number of primary amides is 1. The van der Waals surface area contributed by atoms with Crippen molar-refractivity contribution in [3.8, 4) is 22.6 Å². The van der Waals surface area contributed by atoms with Crippen LogP contribution in [0.2, 0.25) is 5.02 Å². The molecule has 0 spiro atoms. The number of amides is 1. The first-order chi connectivity index (χ1) is 16.3. The van der Waals surface area contributed by atoms with E-state index in [9.17, 15) is 14.3 Å². The standard InChI is InChI=1S/C24H21ClF2N2O5/c25-20-14(26)10-16-18(22(31)24(11-28,34-16)12-4-2-1-3-5-12)19(20)17-13(23(29)32)6-7-15(21(17)27)33-9-8-30/h1-7,10,22,30-31H,8-9,11,28H2,(H2,29,32)/t22-,24+/m0/s1. The predicted molar refractivity (Wildman–Crippen MR) is 121 cm³/mol. The van der Waals surface area contributed by atoms with Crippen molar-refractivity contribution in [3.63, 3.8) is 0 Å². The van der Waals surface area contributed by atoms with Crippen molar-refractivity contribution >= 4 is 17.5 Å². The molecule has 3 aromatic rings. The lowest BCUT2D eigenvalue weighted by Crippen LogP contribution is -2.42. The first kappa shape index (κ1) is 23.9. The molecule has 0 saturated heterocycles. The van der Waals surface area contributed by atoms with E-state index in [1.54, 1.807) is 30.3 Å². The molecule has 1 heterocycles. The highest BCUT2D eigenvalue weighted by atomic mass is 35.5. The van der Waals surface area contributed by atoms with Gasteiger partial charge >= 0.3 is 0 Å². The van der Waals surface area contributed by atoms with Crippen LogP contribution in [0.5, 0.6) is 11.5 Å². The third-order valence-corrected chi connectivity index (χ3v) is 6.14. The number of hydrogen-bond donors (Lipinski definition) is 4. The number of fused-ring (bicyclic) bond motifs is 1. The second kappa shape index (κ2) is 9.19. The maximum Gasteiger partial charge on any atom is 0.249 e. The minimum atomic E-state index is -1.52. The van der Waals surface area contributed by atoms with Gasteiger partial charge in [0.2, 0.25) is 5.91 Å². The summed E-state index contributed by atoms with van der Waals surface area (Å²) in [6.07, 6.45) is -1.51. The Morgan fingerprint density at radius 3 is 2.50 bits per heavy atom. The molecule has 1 aliphatic rings. The normalized spacial score (nSPS) is 18.9. The molecule has 34 heavy (non-hydrogen) atoms. The molecular weight excluding hydrogens is 470 g/mol. The van der Waals surface area contributed by atoms with E-state index < -0.39 is 46.4 Å². The van der Waals surface area contributed by atoms with Gasteiger partial charge in [-0.05, 0) is 17.7 Å². The molecule has 1 amide bonds. The highest BCUT2D eigenvalue weighted by Crippen LogP contribution is 2.55. The summed E-state index contributed by atoms with van der Waals surface area (Å²) in [6.45, 7) is -0.848. The van der Waals surface area contributed by atoms with Crippen LogP contribution in [0, 0.1) is 11.6 Å². The summed E-state index contributed by atoms with van der Waals surface area (Å²) in [5.74, 6) is -3.50. The molecule has 0 aromatic heterocycles. The number of aliphatic hydroxyl groups is 2. The van der Waals surface area contributed by atoms with Gasteiger partial charge in [-0.15, -0.1) is 0 Å². The van der Waals surface area contributed by atoms with Gasteiger partial charge in [-0.1, -0.05) is 41.9 Å². The fraction of sp³-hybridized carbons (Fsp3) is 0.208. The number of halogens is 3. The summed E-state index contributed by atoms with van der Waals surface area (Å²) >= 11 is 6.29. The summed E-state index contributed by atoms with van der Waals surface area (Å²) in [5, 5.41) is 19.9. The van der Waals surface area contributed by atoms with E-state index in [1.807, 2.05) is 0 Å². The number of ether oxygens (including phenoxy) is 2. The number of carbonyl (C=O) groups excluding carboxylic acids is 1. The van der Waals surface area contributed by atoms with E-state index in [0.717, 1.165) is 12.1 Å². The zero-order valence-corrected chi connectivity index (χ0v) is 18.5. The first-order valence-electron chi connectivity index (χ1n) is 10.3. The predicted octanol–water partition coefficient (Wildman–Crippen LogP) is 3.04. The summed E-state index contributed by atoms with van der Waals surface area (Å²) in [6, 6.07) is 11.9. The van der Waals surface area contributed by atoms with Crippen molar-refractivity contribution in [2.24, 2.45) is 11.5 Å². The fourth-order valence-corrected chi connectivity index (χ4v) is 4.44. The molecule has 4 rings (SSSR count). The van der Waals surface area contributed by atoms with Crippen molar-refractivity contribution in [1.29, 1.82) is 0 Å². The molecule has 0 aliphatic carbocycles. The van der Waals surface area contributed by atoms with Crippen LogP contribution in [0.1, 0.15) is 27.6 Å². The number of aliphatic hydroxyl groups excluding tert-OH is 2. The van der Waals surface area contributed by atoms with E-state index in [2.05, 4.69) is 0 Å². The molecule has 1 aliphatic heterocycles. The molecular formula is C24H21ClF2N2O5. The largest absolute Gasteiger partial charge is 0.488 e. The van der Waals surface area contributed by atoms with Gasteiger partial charge in [-0.25, -0.2) is 8.78 Å². The highest BCUT2D eigenvalue weighted by molar-refractivity contribution is 6.34. The van der Waals surface area contributed by atoms with Crippen molar-refractivity contribution in [1.82, 2.24) is 0 Å². The van der Waals surface area contributed by atoms with Gasteiger partial charge in [0.05, 0.1) is 17.2 Å². The summed E-state index contributed by atoms with van der Waals surface area (Å²) in [4.78, 5) is 12.2. The molecule has 0 bridgehead atoms. The van der Waals surface area contributed by atoms with Crippen molar-refractivity contribution in [2.45, 2.75) is 11.7 Å². The van der Waals surface area contributed by atoms with Crippen LogP contribution in [0.3, 0.4) is 0 Å². The number of nitrogens with two attached hydrogens (primary N) is 2. The average Bonchev–Trinajstić information content (AvgIpc) is 3.12. The van der Waals surface area contributed by atoms with Crippen LogP contribution >= 0.6 is 11.6 Å². The van der Waals surface area contributed by atoms with Gasteiger partial charge in [-0.3, -0.25) is 4.79 Å². The van der Waals surface area contributed by atoms with Gasteiger partial charge < -0.3 is 31.2 Å². The fourth-order valence-electron chi connectivity index (χ4n) is 4.18. The molecule has 0 unspecified atom stereocenters. The lowest BCUT2D eigenvalue weighted by atomic mass is 9.83. The van der Waals surface area contributed by atoms with Gasteiger partial charge in [0.1, 0.15) is 24.3 Å². The quantitative estimate of drug-likeness (QED) is 0.403. The Morgan fingerprint density at radius 2 is 1.88 bits per heavy atom. The third-order valence-electron chi connectivity index (χ3n) is 5.77. The molecule has 0 fully saturated rings. The topological polar surface area (TPSA) is 128 Å². The molecule has 3 aromatic carbocycles. The van der Waals surface area contributed by atoms with Crippen LogP contribution in [-0.2, 0) is 5.60 Å². The van der Waals surface area contributed by atoms with Gasteiger partial charge in [0, 0.05) is 29.3 Å². The van der Waals surface area contributed by atoms with E-state index in [-0.39, 0.29) is 41.3 Å². The van der Waals surface area contributed by atoms with Crippen LogP contribution in [0.15, 0.2) is 48.5 Å². The van der Waals surface area contributed by atoms with E-state index in [4.69, 9.17) is 37.6 Å². The van der Waals surface area contributed by atoms with Crippen molar-refractivity contribution in [3.05, 3.63) is 81.9 Å².